The van der Waals surface area contributed by atoms with E-state index in [-0.39, 0.29) is 11.9 Å². The number of carbonyl (C=O) groups is 1. The monoisotopic (exact) mass is 456 g/mol. The number of fused-ring (bicyclic) bond motifs is 2. The molecule has 1 aromatic carbocycles. The molecule has 0 aliphatic carbocycles. The minimum absolute atomic E-state index is 0.0416. The van der Waals surface area contributed by atoms with E-state index in [2.05, 4.69) is 25.5 Å². The van der Waals surface area contributed by atoms with Gasteiger partial charge in [-0.2, -0.15) is 20.2 Å². The van der Waals surface area contributed by atoms with Gasteiger partial charge in [0, 0.05) is 31.1 Å². The lowest BCUT2D eigenvalue weighted by molar-refractivity contribution is 0.0822. The summed E-state index contributed by atoms with van der Waals surface area (Å²) < 4.78 is 1.84. The second kappa shape index (κ2) is 8.10. The van der Waals surface area contributed by atoms with Gasteiger partial charge in [0.05, 0.1) is 29.0 Å². The zero-order valence-electron chi connectivity index (χ0n) is 19.2. The lowest BCUT2D eigenvalue weighted by atomic mass is 10.1. The molecule has 0 saturated heterocycles. The zero-order chi connectivity index (χ0) is 24.0. The van der Waals surface area contributed by atoms with Gasteiger partial charge in [0.15, 0.2) is 5.65 Å². The van der Waals surface area contributed by atoms with Crippen LogP contribution in [-0.4, -0.2) is 59.8 Å². The fourth-order valence-corrected chi connectivity index (χ4v) is 3.80. The molecule has 4 N–H and O–H groups in total. The van der Waals surface area contributed by atoms with Crippen molar-refractivity contribution in [2.75, 3.05) is 25.1 Å². The van der Waals surface area contributed by atoms with E-state index >= 15 is 0 Å². The molecule has 1 amide bonds. The molecular weight excluding hydrogens is 432 g/mol. The topological polar surface area (TPSA) is 144 Å². The van der Waals surface area contributed by atoms with Crippen LogP contribution in [0.1, 0.15) is 30.4 Å². The largest absolute Gasteiger partial charge is 0.383 e. The Hall–Kier alpha value is -4.54. The summed E-state index contributed by atoms with van der Waals surface area (Å²) in [5.74, 6) is 0.449. The van der Waals surface area contributed by atoms with Gasteiger partial charge in [-0.25, -0.2) is 9.67 Å². The third-order valence-electron chi connectivity index (χ3n) is 5.45. The molecule has 0 spiro atoms. The van der Waals surface area contributed by atoms with E-state index in [0.29, 0.717) is 39.9 Å². The first kappa shape index (κ1) is 21.3. The highest BCUT2D eigenvalue weighted by Crippen LogP contribution is 2.36. The Kier molecular flexibility index (Phi) is 5.08. The highest BCUT2D eigenvalue weighted by atomic mass is 16.2. The number of benzene rings is 1. The van der Waals surface area contributed by atoms with Gasteiger partial charge in [-0.1, -0.05) is 12.1 Å². The van der Waals surface area contributed by atoms with Crippen LogP contribution < -0.4 is 11.1 Å². The van der Waals surface area contributed by atoms with Crippen molar-refractivity contribution in [1.29, 1.82) is 0 Å². The van der Waals surface area contributed by atoms with E-state index in [4.69, 9.17) is 15.8 Å². The van der Waals surface area contributed by atoms with E-state index in [0.717, 1.165) is 16.5 Å². The van der Waals surface area contributed by atoms with Crippen molar-refractivity contribution >= 4 is 45.3 Å². The van der Waals surface area contributed by atoms with Crippen LogP contribution in [0.15, 0.2) is 42.7 Å². The van der Waals surface area contributed by atoms with Crippen LogP contribution in [0.25, 0.3) is 33.2 Å². The molecule has 4 heterocycles. The smallest absolute Gasteiger partial charge is 0.271 e. The fraction of sp³-hybridized carbons (Fsp3) is 0.217. The summed E-state index contributed by atoms with van der Waals surface area (Å²) in [5.41, 5.74) is 10.6. The molecule has 5 rings (SSSR count). The number of nitrogens with zero attached hydrogens (tertiary/aromatic N) is 7. The van der Waals surface area contributed by atoms with Crippen LogP contribution >= 0.6 is 0 Å². The number of hydrogen-bond acceptors (Lipinski definition) is 8. The van der Waals surface area contributed by atoms with Gasteiger partial charge in [-0.15, -0.1) is 0 Å². The minimum Gasteiger partial charge on any atom is -0.383 e. The molecule has 0 aliphatic heterocycles. The number of hydrogen-bond donors (Lipinski definition) is 3. The number of amides is 1. The van der Waals surface area contributed by atoms with Crippen LogP contribution in [0.4, 0.5) is 17.5 Å². The summed E-state index contributed by atoms with van der Waals surface area (Å²) in [5, 5.41) is 16.8. The quantitative estimate of drug-likeness (QED) is 0.365. The average Bonchev–Trinajstić information content (AvgIpc) is 3.44. The number of aromatic nitrogens is 7. The summed E-state index contributed by atoms with van der Waals surface area (Å²) in [6.07, 6.45) is 3.33. The van der Waals surface area contributed by atoms with Crippen LogP contribution in [-0.2, 0) is 0 Å². The first-order valence-corrected chi connectivity index (χ1v) is 10.8. The second-order valence-electron chi connectivity index (χ2n) is 8.41. The van der Waals surface area contributed by atoms with Crippen molar-refractivity contribution in [3.63, 3.8) is 0 Å². The normalized spacial score (nSPS) is 11.4. The van der Waals surface area contributed by atoms with Crippen molar-refractivity contribution in [3.05, 3.63) is 48.4 Å². The number of carbonyl (C=O) groups excluding carboxylic acids is 1. The van der Waals surface area contributed by atoms with Crippen molar-refractivity contribution < 1.29 is 4.79 Å². The molecule has 0 radical (unpaired) electrons. The number of nitrogens with two attached hydrogens (primary N) is 1. The Morgan fingerprint density at radius 1 is 1.15 bits per heavy atom. The summed E-state index contributed by atoms with van der Waals surface area (Å²) in [4.78, 5) is 27.0. The van der Waals surface area contributed by atoms with E-state index < -0.39 is 0 Å². The van der Waals surface area contributed by atoms with Crippen LogP contribution in [0.5, 0.6) is 0 Å². The number of nitrogen functional groups attached to an aromatic ring is 1. The predicted octanol–water partition coefficient (Wildman–Crippen LogP) is 3.37. The van der Waals surface area contributed by atoms with Gasteiger partial charge in [-0.05, 0) is 32.0 Å². The van der Waals surface area contributed by atoms with Gasteiger partial charge < -0.3 is 16.0 Å². The number of pyridine rings is 1. The minimum atomic E-state index is -0.172. The third-order valence-corrected chi connectivity index (χ3v) is 5.45. The first-order chi connectivity index (χ1) is 16.3. The number of rotatable bonds is 5. The number of nitrogens with one attached hydrogen (secondary N) is 2. The maximum absolute atomic E-state index is 12.1. The molecule has 0 atom stereocenters. The van der Waals surface area contributed by atoms with Crippen LogP contribution in [0.3, 0.4) is 0 Å². The molecule has 11 heteroatoms. The highest BCUT2D eigenvalue weighted by molar-refractivity contribution is 6.05. The molecule has 0 fully saturated rings. The van der Waals surface area contributed by atoms with Crippen LogP contribution in [0, 0.1) is 0 Å². The number of aromatic amines is 1. The van der Waals surface area contributed by atoms with Crippen molar-refractivity contribution in [2.45, 2.75) is 19.9 Å². The maximum Gasteiger partial charge on any atom is 0.271 e. The molecule has 4 aromatic heterocycles. The SMILES string of the molecule is CC(C)n1nc(-c2cccc3[nH]ncc23)c2c(N)nc(Nc3ccc(C(=O)N(C)C)nc3)nc21. The molecular formula is C23H24N10O. The third kappa shape index (κ3) is 3.56. The van der Waals surface area contributed by atoms with Gasteiger partial charge >= 0.3 is 0 Å². The Bertz CT molecular complexity index is 1510. The number of anilines is 3. The maximum atomic E-state index is 12.1. The Balaban J connectivity index is 1.58. The molecule has 0 bridgehead atoms. The lowest BCUT2D eigenvalue weighted by Gasteiger charge is -2.11. The Morgan fingerprint density at radius 2 is 1.97 bits per heavy atom. The van der Waals surface area contributed by atoms with E-state index in [1.54, 1.807) is 38.6 Å². The highest BCUT2D eigenvalue weighted by Gasteiger charge is 2.22. The molecule has 34 heavy (non-hydrogen) atoms. The van der Waals surface area contributed by atoms with Crippen molar-refractivity contribution in [1.82, 2.24) is 39.8 Å². The molecule has 0 unspecified atom stereocenters. The summed E-state index contributed by atoms with van der Waals surface area (Å²) in [6.45, 7) is 4.06. The van der Waals surface area contributed by atoms with Gasteiger partial charge in [0.25, 0.3) is 5.91 Å². The van der Waals surface area contributed by atoms with Crippen molar-refractivity contribution in [3.8, 4) is 11.3 Å². The van der Waals surface area contributed by atoms with E-state index in [1.807, 2.05) is 36.7 Å². The summed E-state index contributed by atoms with van der Waals surface area (Å²) in [6, 6.07) is 9.33. The predicted molar refractivity (Wildman–Crippen MR) is 131 cm³/mol. The van der Waals surface area contributed by atoms with Gasteiger partial charge in [0.2, 0.25) is 5.95 Å². The molecule has 5 aromatic rings. The lowest BCUT2D eigenvalue weighted by Crippen LogP contribution is -2.22. The summed E-state index contributed by atoms with van der Waals surface area (Å²) in [7, 11) is 3.36. The second-order valence-corrected chi connectivity index (χ2v) is 8.41. The van der Waals surface area contributed by atoms with Gasteiger partial charge in [-0.3, -0.25) is 9.89 Å². The van der Waals surface area contributed by atoms with Crippen LogP contribution in [0.2, 0.25) is 0 Å². The molecule has 172 valence electrons. The Morgan fingerprint density at radius 3 is 2.68 bits per heavy atom. The van der Waals surface area contributed by atoms with Crippen molar-refractivity contribution in [2.24, 2.45) is 0 Å². The van der Waals surface area contributed by atoms with E-state index in [9.17, 15) is 4.79 Å². The number of H-pyrrole nitrogens is 1. The molecule has 11 nitrogen and oxygen atoms in total. The zero-order valence-corrected chi connectivity index (χ0v) is 19.2. The van der Waals surface area contributed by atoms with Gasteiger partial charge in [0.1, 0.15) is 17.2 Å². The Labute approximate surface area is 195 Å². The average molecular weight is 457 g/mol. The molecule has 0 saturated carbocycles. The standard InChI is InChI=1S/C23H24N10O/c1-12(2)33-21-18(19(31-33)14-6-5-7-16-15(14)11-26-30-16)20(24)28-23(29-21)27-13-8-9-17(25-10-13)22(34)32(3)4/h5-12H,1-4H3,(H,26,30)(H3,24,27,28,29). The fourth-order valence-electron chi connectivity index (χ4n) is 3.80. The molecule has 0 aliphatic rings. The summed E-state index contributed by atoms with van der Waals surface area (Å²) >= 11 is 0. The van der Waals surface area contributed by atoms with E-state index in [1.165, 1.54) is 4.90 Å². The first-order valence-electron chi connectivity index (χ1n) is 10.8.